The van der Waals surface area contributed by atoms with Crippen LogP contribution in [0, 0.1) is 11.8 Å². The highest BCUT2D eigenvalue weighted by molar-refractivity contribution is 5.91. The molecule has 0 saturated carbocycles. The molecule has 0 aliphatic carbocycles. The fourth-order valence-electron chi connectivity index (χ4n) is 4.34. The van der Waals surface area contributed by atoms with Gasteiger partial charge in [0.1, 0.15) is 12.2 Å². The van der Waals surface area contributed by atoms with Crippen LogP contribution >= 0.6 is 0 Å². The Labute approximate surface area is 280 Å². The number of ether oxygens (including phenoxy) is 3. The summed E-state index contributed by atoms with van der Waals surface area (Å²) in [6, 6.07) is 30.9. The summed E-state index contributed by atoms with van der Waals surface area (Å²) in [5, 5.41) is 27.6. The maximum Gasteiger partial charge on any atom is 0.338 e. The molecule has 0 radical (unpaired) electrons. The lowest BCUT2D eigenvalue weighted by Gasteiger charge is -2.19. The van der Waals surface area contributed by atoms with Gasteiger partial charge < -0.3 is 24.4 Å². The van der Waals surface area contributed by atoms with Crippen molar-refractivity contribution in [3.8, 4) is 11.8 Å². The number of esters is 2. The van der Waals surface area contributed by atoms with Gasteiger partial charge in [-0.2, -0.15) is 10.2 Å². The SMILES string of the molecule is CCCc1ccc(/C=N/N=C/c2ccc(C(=O)OC(CO)COCC(CO)OC(=O)c3ccc(C#Cc4ccccc4)cc3)cc2)cc1. The van der Waals surface area contributed by atoms with E-state index in [-0.39, 0.29) is 18.8 Å². The largest absolute Gasteiger partial charge is 0.454 e. The molecule has 0 bridgehead atoms. The zero-order valence-electron chi connectivity index (χ0n) is 26.7. The van der Waals surface area contributed by atoms with Gasteiger partial charge in [-0.15, -0.1) is 0 Å². The Kier molecular flexibility index (Phi) is 14.3. The first-order valence-corrected chi connectivity index (χ1v) is 15.6. The fourth-order valence-corrected chi connectivity index (χ4v) is 4.34. The molecule has 4 aromatic carbocycles. The third kappa shape index (κ3) is 11.8. The van der Waals surface area contributed by atoms with Crippen LogP contribution in [0.25, 0.3) is 0 Å². The van der Waals surface area contributed by atoms with Crippen LogP contribution in [0.5, 0.6) is 0 Å². The van der Waals surface area contributed by atoms with E-state index in [0.717, 1.165) is 35.1 Å². The van der Waals surface area contributed by atoms with Crippen LogP contribution in [-0.4, -0.2) is 73.2 Å². The van der Waals surface area contributed by atoms with E-state index in [9.17, 15) is 19.8 Å². The molecule has 2 unspecified atom stereocenters. The van der Waals surface area contributed by atoms with Crippen molar-refractivity contribution in [3.05, 3.63) is 142 Å². The van der Waals surface area contributed by atoms with Crippen LogP contribution in [0.2, 0.25) is 0 Å². The lowest BCUT2D eigenvalue weighted by molar-refractivity contribution is -0.0559. The summed E-state index contributed by atoms with van der Waals surface area (Å²) in [4.78, 5) is 25.2. The van der Waals surface area contributed by atoms with Gasteiger partial charge in [-0.05, 0) is 71.6 Å². The molecule has 0 saturated heterocycles. The molecule has 246 valence electrons. The average molecular weight is 647 g/mol. The van der Waals surface area contributed by atoms with Crippen molar-refractivity contribution in [2.24, 2.45) is 10.2 Å². The summed E-state index contributed by atoms with van der Waals surface area (Å²) in [5.41, 5.74) is 5.16. The molecule has 0 aliphatic rings. The Morgan fingerprint density at radius 1 is 0.667 bits per heavy atom. The third-order valence-corrected chi connectivity index (χ3v) is 6.95. The molecule has 0 aromatic heterocycles. The zero-order valence-corrected chi connectivity index (χ0v) is 26.7. The van der Waals surface area contributed by atoms with Crippen molar-refractivity contribution >= 4 is 24.4 Å². The van der Waals surface area contributed by atoms with E-state index < -0.39 is 37.4 Å². The fraction of sp³-hybridized carbons (Fsp3) is 0.231. The molecule has 9 heteroatoms. The van der Waals surface area contributed by atoms with Crippen LogP contribution in [0.1, 0.15) is 61.9 Å². The summed E-state index contributed by atoms with van der Waals surface area (Å²) in [6.07, 6.45) is 3.45. The highest BCUT2D eigenvalue weighted by Crippen LogP contribution is 2.10. The van der Waals surface area contributed by atoms with Gasteiger partial charge in [0.15, 0.2) is 0 Å². The zero-order chi connectivity index (χ0) is 34.0. The van der Waals surface area contributed by atoms with E-state index in [1.165, 1.54) is 5.56 Å². The predicted molar refractivity (Wildman–Crippen MR) is 184 cm³/mol. The van der Waals surface area contributed by atoms with E-state index in [0.29, 0.717) is 5.56 Å². The van der Waals surface area contributed by atoms with Gasteiger partial charge in [0.05, 0.1) is 50.0 Å². The van der Waals surface area contributed by atoms with Gasteiger partial charge in [0.2, 0.25) is 0 Å². The van der Waals surface area contributed by atoms with Crippen molar-refractivity contribution in [1.29, 1.82) is 0 Å². The molecular weight excluding hydrogens is 608 g/mol. The summed E-state index contributed by atoms with van der Waals surface area (Å²) in [6.45, 7) is 0.835. The van der Waals surface area contributed by atoms with Gasteiger partial charge in [0, 0.05) is 11.1 Å². The second kappa shape index (κ2) is 19.3. The van der Waals surface area contributed by atoms with Gasteiger partial charge in [-0.3, -0.25) is 0 Å². The number of rotatable bonds is 15. The third-order valence-electron chi connectivity index (χ3n) is 6.95. The lowest BCUT2D eigenvalue weighted by atomic mass is 10.1. The Balaban J connectivity index is 1.19. The maximum absolute atomic E-state index is 12.6. The van der Waals surface area contributed by atoms with E-state index in [2.05, 4.69) is 41.1 Å². The van der Waals surface area contributed by atoms with Gasteiger partial charge >= 0.3 is 11.9 Å². The Morgan fingerprint density at radius 2 is 1.12 bits per heavy atom. The highest BCUT2D eigenvalue weighted by Gasteiger charge is 2.19. The van der Waals surface area contributed by atoms with Crippen LogP contribution in [-0.2, 0) is 20.6 Å². The second-order valence-corrected chi connectivity index (χ2v) is 10.8. The smallest absolute Gasteiger partial charge is 0.338 e. The van der Waals surface area contributed by atoms with Crippen LogP contribution in [0.3, 0.4) is 0 Å². The Morgan fingerprint density at radius 3 is 1.60 bits per heavy atom. The van der Waals surface area contributed by atoms with Crippen LogP contribution in [0.15, 0.2) is 113 Å². The first-order valence-electron chi connectivity index (χ1n) is 15.6. The molecule has 0 aliphatic heterocycles. The maximum atomic E-state index is 12.6. The quantitative estimate of drug-likeness (QED) is 0.0783. The summed E-state index contributed by atoms with van der Waals surface area (Å²) < 4.78 is 16.2. The number of carbonyl (C=O) groups is 2. The molecule has 4 rings (SSSR count). The van der Waals surface area contributed by atoms with Crippen molar-refractivity contribution < 1.29 is 34.0 Å². The molecule has 4 aromatic rings. The van der Waals surface area contributed by atoms with Gasteiger partial charge in [-0.1, -0.05) is 79.8 Å². The molecule has 0 spiro atoms. The minimum Gasteiger partial charge on any atom is -0.454 e. The number of nitrogens with zero attached hydrogens (tertiary/aromatic N) is 2. The van der Waals surface area contributed by atoms with E-state index in [1.807, 2.05) is 42.5 Å². The van der Waals surface area contributed by atoms with Crippen molar-refractivity contribution in [3.63, 3.8) is 0 Å². The number of hydrogen-bond acceptors (Lipinski definition) is 9. The standard InChI is InChI=1S/C39H38N2O7/c1-2-6-29-11-13-32(14-12-29)23-40-41-24-33-17-21-35(22-18-33)39(45)48-37(26-43)28-46-27-36(25-42)47-38(44)34-19-15-31(16-20-34)10-9-30-7-4-3-5-8-30/h3-5,7-8,11-24,36-37,42-43H,2,6,25-28H2,1H3/b40-23+,41-24+. The number of hydrogen-bond donors (Lipinski definition) is 2. The first kappa shape index (κ1) is 35.5. The molecule has 2 atom stereocenters. The summed E-state index contributed by atoms with van der Waals surface area (Å²) in [7, 11) is 0. The minimum atomic E-state index is -0.969. The van der Waals surface area contributed by atoms with Crippen molar-refractivity contribution in [1.82, 2.24) is 0 Å². The Hall–Kier alpha value is -5.40. The molecule has 0 fully saturated rings. The molecule has 0 heterocycles. The first-order chi connectivity index (χ1) is 23.5. The molecule has 48 heavy (non-hydrogen) atoms. The number of aliphatic hydroxyl groups excluding tert-OH is 2. The topological polar surface area (TPSA) is 127 Å². The van der Waals surface area contributed by atoms with E-state index >= 15 is 0 Å². The monoisotopic (exact) mass is 646 g/mol. The number of carbonyl (C=O) groups excluding carboxylic acids is 2. The van der Waals surface area contributed by atoms with E-state index in [4.69, 9.17) is 14.2 Å². The van der Waals surface area contributed by atoms with Gasteiger partial charge in [0.25, 0.3) is 0 Å². The average Bonchev–Trinajstić information content (AvgIpc) is 3.13. The normalized spacial score (nSPS) is 12.3. The lowest BCUT2D eigenvalue weighted by Crippen LogP contribution is -2.32. The Bertz CT molecular complexity index is 1710. The highest BCUT2D eigenvalue weighted by atomic mass is 16.6. The number of aliphatic hydroxyl groups is 2. The molecule has 2 N–H and O–H groups in total. The van der Waals surface area contributed by atoms with Crippen LogP contribution in [0.4, 0.5) is 0 Å². The van der Waals surface area contributed by atoms with Crippen LogP contribution < -0.4 is 0 Å². The van der Waals surface area contributed by atoms with Crippen molar-refractivity contribution in [2.75, 3.05) is 26.4 Å². The number of aryl methyl sites for hydroxylation is 1. The van der Waals surface area contributed by atoms with Crippen molar-refractivity contribution in [2.45, 2.75) is 32.0 Å². The summed E-state index contributed by atoms with van der Waals surface area (Å²) >= 11 is 0. The second-order valence-electron chi connectivity index (χ2n) is 10.8. The minimum absolute atomic E-state index is 0.169. The molecular formula is C39H38N2O7. The molecule has 9 nitrogen and oxygen atoms in total. The summed E-state index contributed by atoms with van der Waals surface area (Å²) in [5.74, 6) is 4.81. The number of benzene rings is 4. The molecule has 0 amide bonds. The van der Waals surface area contributed by atoms with E-state index in [1.54, 1.807) is 61.0 Å². The predicted octanol–water partition coefficient (Wildman–Crippen LogP) is 5.24. The van der Waals surface area contributed by atoms with Gasteiger partial charge in [-0.25, -0.2) is 9.59 Å².